The topological polar surface area (TPSA) is 60.7 Å². The molecule has 0 heterocycles. The Balaban J connectivity index is 2.87. The Labute approximate surface area is 89.0 Å². The van der Waals surface area contributed by atoms with E-state index < -0.39 is 6.29 Å². The van der Waals surface area contributed by atoms with Crippen LogP contribution in [0.4, 0.5) is 0 Å². The Hall–Kier alpha value is -1.50. The van der Waals surface area contributed by atoms with Crippen molar-refractivity contribution in [3.05, 3.63) is 29.8 Å². The van der Waals surface area contributed by atoms with E-state index in [9.17, 15) is 0 Å². The fraction of sp³-hybridized carbons (Fsp3) is 0.333. The van der Waals surface area contributed by atoms with E-state index in [0.717, 1.165) is 5.56 Å². The molecule has 0 amide bonds. The van der Waals surface area contributed by atoms with Gasteiger partial charge in [-0.15, -0.1) is 5.92 Å². The molecule has 1 rings (SSSR count). The predicted molar refractivity (Wildman–Crippen MR) is 57.1 cm³/mol. The first-order chi connectivity index (χ1) is 7.13. The van der Waals surface area contributed by atoms with Crippen molar-refractivity contribution in [2.45, 2.75) is 25.6 Å². The lowest BCUT2D eigenvalue weighted by Gasteiger charge is -2.12. The van der Waals surface area contributed by atoms with Crippen LogP contribution in [0.25, 0.3) is 0 Å². The molecule has 0 saturated carbocycles. The van der Waals surface area contributed by atoms with Gasteiger partial charge in [0.1, 0.15) is 5.75 Å². The zero-order valence-electron chi connectivity index (χ0n) is 8.51. The molecule has 0 aromatic heterocycles. The van der Waals surface area contributed by atoms with Crippen LogP contribution < -0.4 is 0 Å². The van der Waals surface area contributed by atoms with Gasteiger partial charge < -0.3 is 15.3 Å². The van der Waals surface area contributed by atoms with E-state index in [0.29, 0.717) is 0 Å². The van der Waals surface area contributed by atoms with Crippen LogP contribution in [0.1, 0.15) is 24.8 Å². The van der Waals surface area contributed by atoms with Gasteiger partial charge >= 0.3 is 0 Å². The summed E-state index contributed by atoms with van der Waals surface area (Å²) < 4.78 is 0. The lowest BCUT2D eigenvalue weighted by Crippen LogP contribution is -2.10. The molecule has 0 aliphatic heterocycles. The second-order valence-corrected chi connectivity index (χ2v) is 3.25. The third-order valence-electron chi connectivity index (χ3n) is 2.06. The first-order valence-corrected chi connectivity index (χ1v) is 4.71. The fourth-order valence-electron chi connectivity index (χ4n) is 1.37. The van der Waals surface area contributed by atoms with E-state index in [1.807, 2.05) is 0 Å². The molecule has 1 aromatic carbocycles. The van der Waals surface area contributed by atoms with Crippen LogP contribution in [0.3, 0.4) is 0 Å². The minimum Gasteiger partial charge on any atom is -0.508 e. The van der Waals surface area contributed by atoms with Gasteiger partial charge in [0.2, 0.25) is 0 Å². The van der Waals surface area contributed by atoms with Crippen LogP contribution in [-0.4, -0.2) is 21.6 Å². The lowest BCUT2D eigenvalue weighted by molar-refractivity contribution is -0.0468. The van der Waals surface area contributed by atoms with Gasteiger partial charge in [0.05, 0.1) is 0 Å². The van der Waals surface area contributed by atoms with Gasteiger partial charge in [0, 0.05) is 12.3 Å². The molecule has 0 spiro atoms. The summed E-state index contributed by atoms with van der Waals surface area (Å²) >= 11 is 0. The van der Waals surface area contributed by atoms with Crippen molar-refractivity contribution in [3.63, 3.8) is 0 Å². The standard InChI is InChI=1S/C12H14O3/c1-2-3-10(8-12(14)15)9-4-6-11(13)7-5-9/h4-7,10,12-15H,8H2,1H3/t10-/m0/s1. The average Bonchev–Trinajstić information content (AvgIpc) is 2.17. The van der Waals surface area contributed by atoms with Crippen LogP contribution in [-0.2, 0) is 0 Å². The fourth-order valence-corrected chi connectivity index (χ4v) is 1.37. The second-order valence-electron chi connectivity index (χ2n) is 3.25. The Kier molecular flexibility index (Phi) is 4.17. The van der Waals surface area contributed by atoms with E-state index in [1.165, 1.54) is 0 Å². The van der Waals surface area contributed by atoms with Gasteiger partial charge in [-0.05, 0) is 24.6 Å². The Morgan fingerprint density at radius 2 is 1.80 bits per heavy atom. The quantitative estimate of drug-likeness (QED) is 0.514. The maximum Gasteiger partial charge on any atom is 0.152 e. The zero-order valence-corrected chi connectivity index (χ0v) is 8.51. The van der Waals surface area contributed by atoms with Gasteiger partial charge in [0.25, 0.3) is 0 Å². The van der Waals surface area contributed by atoms with Gasteiger partial charge in [-0.1, -0.05) is 18.1 Å². The summed E-state index contributed by atoms with van der Waals surface area (Å²) in [4.78, 5) is 0. The molecule has 3 heteroatoms. The molecule has 3 nitrogen and oxygen atoms in total. The molecule has 1 atom stereocenters. The van der Waals surface area contributed by atoms with E-state index in [2.05, 4.69) is 11.8 Å². The molecule has 15 heavy (non-hydrogen) atoms. The minimum absolute atomic E-state index is 0.172. The molecule has 0 saturated heterocycles. The summed E-state index contributed by atoms with van der Waals surface area (Å²) in [7, 11) is 0. The summed E-state index contributed by atoms with van der Waals surface area (Å²) in [5.74, 6) is 5.62. The highest BCUT2D eigenvalue weighted by Crippen LogP contribution is 2.22. The molecular formula is C12H14O3. The van der Waals surface area contributed by atoms with Crippen molar-refractivity contribution >= 4 is 0 Å². The first-order valence-electron chi connectivity index (χ1n) is 4.71. The third-order valence-corrected chi connectivity index (χ3v) is 2.06. The van der Waals surface area contributed by atoms with E-state index in [4.69, 9.17) is 15.3 Å². The van der Waals surface area contributed by atoms with Crippen LogP contribution in [0.2, 0.25) is 0 Å². The van der Waals surface area contributed by atoms with E-state index in [1.54, 1.807) is 31.2 Å². The monoisotopic (exact) mass is 206 g/mol. The summed E-state index contributed by atoms with van der Waals surface area (Å²) in [5.41, 5.74) is 0.871. The van der Waals surface area contributed by atoms with Crippen LogP contribution >= 0.6 is 0 Å². The van der Waals surface area contributed by atoms with Crippen molar-refractivity contribution in [1.29, 1.82) is 0 Å². The summed E-state index contributed by atoms with van der Waals surface area (Å²) in [5, 5.41) is 26.9. The Morgan fingerprint density at radius 1 is 1.20 bits per heavy atom. The van der Waals surface area contributed by atoms with Crippen LogP contribution in [0.5, 0.6) is 5.75 Å². The Bertz CT molecular complexity index is 357. The summed E-state index contributed by atoms with van der Waals surface area (Å²) in [6, 6.07) is 6.58. The average molecular weight is 206 g/mol. The molecular weight excluding hydrogens is 192 g/mol. The number of aliphatic hydroxyl groups excluding tert-OH is 1. The number of aromatic hydroxyl groups is 1. The first kappa shape index (κ1) is 11.6. The van der Waals surface area contributed by atoms with E-state index >= 15 is 0 Å². The number of phenols is 1. The molecule has 0 unspecified atom stereocenters. The van der Waals surface area contributed by atoms with Crippen molar-refractivity contribution in [2.24, 2.45) is 0 Å². The zero-order chi connectivity index (χ0) is 11.3. The van der Waals surface area contributed by atoms with Gasteiger partial charge in [-0.2, -0.15) is 0 Å². The highest BCUT2D eigenvalue weighted by atomic mass is 16.5. The minimum atomic E-state index is -1.37. The van der Waals surface area contributed by atoms with Crippen LogP contribution in [0.15, 0.2) is 24.3 Å². The smallest absolute Gasteiger partial charge is 0.152 e. The number of aliphatic hydroxyl groups is 2. The van der Waals surface area contributed by atoms with Crippen molar-refractivity contribution in [2.75, 3.05) is 0 Å². The Morgan fingerprint density at radius 3 is 2.27 bits per heavy atom. The number of hydrogen-bond donors (Lipinski definition) is 3. The molecule has 0 radical (unpaired) electrons. The normalized spacial score (nSPS) is 12.0. The molecule has 1 aromatic rings. The molecule has 80 valence electrons. The maximum atomic E-state index is 9.12. The highest BCUT2D eigenvalue weighted by molar-refractivity contribution is 5.32. The van der Waals surface area contributed by atoms with Crippen molar-refractivity contribution < 1.29 is 15.3 Å². The molecule has 0 aliphatic carbocycles. The number of rotatable bonds is 3. The van der Waals surface area contributed by atoms with Crippen LogP contribution in [0, 0.1) is 11.8 Å². The third kappa shape index (κ3) is 3.62. The van der Waals surface area contributed by atoms with Crippen molar-refractivity contribution in [1.82, 2.24) is 0 Å². The van der Waals surface area contributed by atoms with Crippen molar-refractivity contribution in [3.8, 4) is 17.6 Å². The predicted octanol–water partition coefficient (Wildman–Crippen LogP) is 1.20. The highest BCUT2D eigenvalue weighted by Gasteiger charge is 2.12. The molecule has 0 fully saturated rings. The molecule has 3 N–H and O–H groups in total. The van der Waals surface area contributed by atoms with Gasteiger partial charge in [-0.25, -0.2) is 0 Å². The maximum absolute atomic E-state index is 9.12. The second kappa shape index (κ2) is 5.40. The lowest BCUT2D eigenvalue weighted by atomic mass is 9.96. The molecule has 0 bridgehead atoms. The van der Waals surface area contributed by atoms with Gasteiger partial charge in [-0.3, -0.25) is 0 Å². The molecule has 0 aliphatic rings. The number of phenolic OH excluding ortho intramolecular Hbond substituents is 1. The SMILES string of the molecule is CC#C[C@@H](CC(O)O)c1ccc(O)cc1. The number of benzene rings is 1. The summed E-state index contributed by atoms with van der Waals surface area (Å²) in [6.07, 6.45) is -1.20. The summed E-state index contributed by atoms with van der Waals surface area (Å²) in [6.45, 7) is 1.71. The van der Waals surface area contributed by atoms with E-state index in [-0.39, 0.29) is 18.1 Å². The number of hydrogen-bond acceptors (Lipinski definition) is 3. The van der Waals surface area contributed by atoms with Gasteiger partial charge in [0.15, 0.2) is 6.29 Å². The largest absolute Gasteiger partial charge is 0.508 e.